The van der Waals surface area contributed by atoms with E-state index in [4.69, 9.17) is 27.9 Å². The molecule has 1 aliphatic heterocycles. The third-order valence-electron chi connectivity index (χ3n) is 5.08. The summed E-state index contributed by atoms with van der Waals surface area (Å²) in [5.41, 5.74) is 2.44. The summed E-state index contributed by atoms with van der Waals surface area (Å²) >= 11 is 11.9. The lowest BCUT2D eigenvalue weighted by atomic mass is 10.1. The minimum atomic E-state index is -0.444. The van der Waals surface area contributed by atoms with E-state index in [1.807, 2.05) is 13.0 Å². The third kappa shape index (κ3) is 6.76. The Labute approximate surface area is 198 Å². The number of nitrogens with zero attached hydrogens (tertiary/aromatic N) is 1. The van der Waals surface area contributed by atoms with Crippen LogP contribution < -0.4 is 20.9 Å². The number of hydrogen-bond donors (Lipinski definition) is 3. The van der Waals surface area contributed by atoms with E-state index in [0.29, 0.717) is 46.7 Å². The molecule has 1 aliphatic rings. The maximum absolute atomic E-state index is 12.9. The van der Waals surface area contributed by atoms with Gasteiger partial charge in [0.05, 0.1) is 15.6 Å². The number of halogens is 2. The molecule has 2 aromatic carbocycles. The van der Waals surface area contributed by atoms with E-state index in [1.165, 1.54) is 0 Å². The van der Waals surface area contributed by atoms with Gasteiger partial charge in [0.2, 0.25) is 0 Å². The zero-order chi connectivity index (χ0) is 22.9. The number of carbonyl (C=O) groups excluding carboxylic acids is 2. The fraction of sp³-hybridized carbons (Fsp3) is 0.391. The largest absolute Gasteiger partial charge is 0.382 e. The average Bonchev–Trinajstić information content (AvgIpc) is 3.30. The Morgan fingerprint density at radius 1 is 1.00 bits per heavy atom. The molecule has 2 aromatic rings. The van der Waals surface area contributed by atoms with Crippen LogP contribution in [0.1, 0.15) is 36.5 Å². The Hall–Kier alpha value is -2.48. The van der Waals surface area contributed by atoms with Crippen molar-refractivity contribution in [2.75, 3.05) is 48.4 Å². The highest BCUT2D eigenvalue weighted by atomic mass is 35.5. The summed E-state index contributed by atoms with van der Waals surface area (Å²) in [6, 6.07) is 9.79. The first-order valence-corrected chi connectivity index (χ1v) is 11.5. The average molecular weight is 479 g/mol. The molecule has 3 N–H and O–H groups in total. The van der Waals surface area contributed by atoms with E-state index >= 15 is 0 Å². The number of rotatable bonds is 9. The van der Waals surface area contributed by atoms with Crippen LogP contribution in [0.25, 0.3) is 0 Å². The Balaban J connectivity index is 1.70. The third-order valence-corrected chi connectivity index (χ3v) is 5.82. The summed E-state index contributed by atoms with van der Waals surface area (Å²) in [5.74, 6) is -0.170. The second-order valence-corrected chi connectivity index (χ2v) is 8.25. The molecule has 172 valence electrons. The van der Waals surface area contributed by atoms with Crippen LogP contribution in [0.5, 0.6) is 0 Å². The van der Waals surface area contributed by atoms with Crippen LogP contribution in [0, 0.1) is 0 Å². The van der Waals surface area contributed by atoms with Gasteiger partial charge >= 0.3 is 6.03 Å². The molecule has 9 heteroatoms. The van der Waals surface area contributed by atoms with E-state index in [2.05, 4.69) is 20.9 Å². The van der Waals surface area contributed by atoms with E-state index in [0.717, 1.165) is 38.0 Å². The molecule has 0 atom stereocenters. The van der Waals surface area contributed by atoms with Crippen LogP contribution in [-0.2, 0) is 4.74 Å². The van der Waals surface area contributed by atoms with Gasteiger partial charge in [0.1, 0.15) is 0 Å². The maximum atomic E-state index is 12.9. The van der Waals surface area contributed by atoms with Gasteiger partial charge in [-0.25, -0.2) is 4.79 Å². The second kappa shape index (κ2) is 11.9. The van der Waals surface area contributed by atoms with Gasteiger partial charge < -0.3 is 25.6 Å². The van der Waals surface area contributed by atoms with Crippen molar-refractivity contribution in [1.29, 1.82) is 0 Å². The Kier molecular flexibility index (Phi) is 9.02. The first-order chi connectivity index (χ1) is 15.5. The van der Waals surface area contributed by atoms with E-state index < -0.39 is 6.03 Å². The normalized spacial score (nSPS) is 13.2. The SMILES string of the molecule is CCOCCCNC(=O)c1cc(NC(=O)Nc2ccc(Cl)c(Cl)c2)ccc1N1CCCC1. The van der Waals surface area contributed by atoms with Gasteiger partial charge in [0.25, 0.3) is 5.91 Å². The van der Waals surface area contributed by atoms with Gasteiger partial charge in [0.15, 0.2) is 0 Å². The number of benzene rings is 2. The van der Waals surface area contributed by atoms with Gasteiger partial charge in [-0.2, -0.15) is 0 Å². The molecule has 3 amide bonds. The van der Waals surface area contributed by atoms with Crippen molar-refractivity contribution in [3.63, 3.8) is 0 Å². The lowest BCUT2D eigenvalue weighted by Gasteiger charge is -2.22. The van der Waals surface area contributed by atoms with E-state index in [9.17, 15) is 9.59 Å². The van der Waals surface area contributed by atoms with Crippen molar-refractivity contribution in [3.8, 4) is 0 Å². The summed E-state index contributed by atoms with van der Waals surface area (Å²) in [4.78, 5) is 27.6. The second-order valence-electron chi connectivity index (χ2n) is 7.44. The number of carbonyl (C=O) groups is 2. The standard InChI is InChI=1S/C23H28Cl2N4O3/c1-2-32-13-5-10-26-22(30)18-14-16(7-9-21(18)29-11-3-4-12-29)27-23(31)28-17-6-8-19(24)20(25)15-17/h6-9,14-15H,2-5,10-13H2,1H3,(H,26,30)(H2,27,28,31). The Morgan fingerprint density at radius 2 is 1.69 bits per heavy atom. The van der Waals surface area contributed by atoms with Crippen molar-refractivity contribution in [1.82, 2.24) is 5.32 Å². The first-order valence-electron chi connectivity index (χ1n) is 10.8. The zero-order valence-corrected chi connectivity index (χ0v) is 19.6. The lowest BCUT2D eigenvalue weighted by molar-refractivity contribution is 0.0944. The zero-order valence-electron chi connectivity index (χ0n) is 18.0. The molecule has 3 rings (SSSR count). The van der Waals surface area contributed by atoms with Crippen molar-refractivity contribution in [2.24, 2.45) is 0 Å². The highest BCUT2D eigenvalue weighted by Gasteiger charge is 2.20. The highest BCUT2D eigenvalue weighted by molar-refractivity contribution is 6.42. The summed E-state index contributed by atoms with van der Waals surface area (Å²) in [7, 11) is 0. The molecule has 0 aromatic heterocycles. The Bertz CT molecular complexity index is 949. The molecule has 7 nitrogen and oxygen atoms in total. The number of amides is 3. The monoisotopic (exact) mass is 478 g/mol. The van der Waals surface area contributed by atoms with Crippen molar-refractivity contribution in [3.05, 3.63) is 52.0 Å². The molecule has 0 radical (unpaired) electrons. The van der Waals surface area contributed by atoms with Crippen LogP contribution in [0.3, 0.4) is 0 Å². The van der Waals surface area contributed by atoms with Crippen molar-refractivity contribution in [2.45, 2.75) is 26.2 Å². The quantitative estimate of drug-likeness (QED) is 0.421. The predicted octanol–water partition coefficient (Wildman–Crippen LogP) is 5.39. The summed E-state index contributed by atoms with van der Waals surface area (Å²) in [5, 5.41) is 9.20. The van der Waals surface area contributed by atoms with Crippen LogP contribution in [-0.4, -0.2) is 44.8 Å². The van der Waals surface area contributed by atoms with Crippen molar-refractivity contribution >= 4 is 52.2 Å². The number of hydrogen-bond acceptors (Lipinski definition) is 4. The molecule has 0 spiro atoms. The first kappa shape index (κ1) is 24.2. The highest BCUT2D eigenvalue weighted by Crippen LogP contribution is 2.28. The summed E-state index contributed by atoms with van der Waals surface area (Å²) < 4.78 is 5.32. The van der Waals surface area contributed by atoms with Gasteiger partial charge in [-0.1, -0.05) is 23.2 Å². The molecule has 1 fully saturated rings. The van der Waals surface area contributed by atoms with Gasteiger partial charge in [-0.05, 0) is 62.6 Å². The fourth-order valence-electron chi connectivity index (χ4n) is 3.51. The van der Waals surface area contributed by atoms with Crippen molar-refractivity contribution < 1.29 is 14.3 Å². The minimum absolute atomic E-state index is 0.170. The molecule has 1 saturated heterocycles. The smallest absolute Gasteiger partial charge is 0.323 e. The summed E-state index contributed by atoms with van der Waals surface area (Å²) in [6.07, 6.45) is 2.94. The Morgan fingerprint density at radius 3 is 2.38 bits per heavy atom. The predicted molar refractivity (Wildman–Crippen MR) is 130 cm³/mol. The molecule has 0 unspecified atom stereocenters. The number of nitrogens with one attached hydrogen (secondary N) is 3. The van der Waals surface area contributed by atoms with Gasteiger partial charge in [-0.15, -0.1) is 0 Å². The van der Waals surface area contributed by atoms with E-state index in [1.54, 1.807) is 30.3 Å². The molecular formula is C23H28Cl2N4O3. The molecule has 32 heavy (non-hydrogen) atoms. The molecule has 0 aliphatic carbocycles. The molecule has 0 saturated carbocycles. The number of anilines is 3. The molecule has 0 bridgehead atoms. The van der Waals surface area contributed by atoms with Crippen LogP contribution in [0.4, 0.5) is 21.9 Å². The lowest BCUT2D eigenvalue weighted by Crippen LogP contribution is -2.29. The number of ether oxygens (including phenoxy) is 1. The summed E-state index contributed by atoms with van der Waals surface area (Å²) in [6.45, 7) is 5.55. The maximum Gasteiger partial charge on any atom is 0.323 e. The van der Waals surface area contributed by atoms with Crippen LogP contribution >= 0.6 is 23.2 Å². The number of urea groups is 1. The van der Waals surface area contributed by atoms with Gasteiger partial charge in [-0.3, -0.25) is 4.79 Å². The van der Waals surface area contributed by atoms with Gasteiger partial charge in [0, 0.05) is 49.9 Å². The van der Waals surface area contributed by atoms with E-state index in [-0.39, 0.29) is 5.91 Å². The molecule has 1 heterocycles. The minimum Gasteiger partial charge on any atom is -0.382 e. The topological polar surface area (TPSA) is 82.7 Å². The van der Waals surface area contributed by atoms with Crippen LogP contribution in [0.15, 0.2) is 36.4 Å². The fourth-order valence-corrected chi connectivity index (χ4v) is 3.81. The van der Waals surface area contributed by atoms with Crippen LogP contribution in [0.2, 0.25) is 10.0 Å². The molecular weight excluding hydrogens is 451 g/mol.